The molecule has 152 valence electrons. The lowest BCUT2D eigenvalue weighted by molar-refractivity contribution is 0.240. The molecule has 2 amide bonds. The molecule has 0 radical (unpaired) electrons. The maximum absolute atomic E-state index is 12.4. The standard InChI is InChI=1S/C20H22ClN5O3/c1-25-18(15-5-9-17(29-2)10-6-15)24-26(20(25)28)12-11-22-19(27)23-13-14-3-7-16(21)8-4-14/h3-10H,11-13H2,1-2H3,(H2,22,23,27). The maximum Gasteiger partial charge on any atom is 0.345 e. The summed E-state index contributed by atoms with van der Waals surface area (Å²) in [5.41, 5.74) is 1.49. The summed E-state index contributed by atoms with van der Waals surface area (Å²) in [5, 5.41) is 10.5. The van der Waals surface area contributed by atoms with Crippen LogP contribution in [-0.4, -0.2) is 34.0 Å². The van der Waals surface area contributed by atoms with Gasteiger partial charge in [0.1, 0.15) is 5.75 Å². The molecule has 0 bridgehead atoms. The molecule has 3 rings (SSSR count). The van der Waals surface area contributed by atoms with E-state index in [1.807, 2.05) is 36.4 Å². The number of urea groups is 1. The second kappa shape index (κ2) is 9.29. The van der Waals surface area contributed by atoms with Crippen LogP contribution in [0.25, 0.3) is 11.4 Å². The van der Waals surface area contributed by atoms with Crippen LogP contribution in [0.3, 0.4) is 0 Å². The molecular weight excluding hydrogens is 394 g/mol. The molecule has 0 spiro atoms. The van der Waals surface area contributed by atoms with E-state index >= 15 is 0 Å². The molecule has 9 heteroatoms. The second-order valence-corrected chi connectivity index (χ2v) is 6.79. The van der Waals surface area contributed by atoms with Crippen LogP contribution in [-0.2, 0) is 20.1 Å². The summed E-state index contributed by atoms with van der Waals surface area (Å²) < 4.78 is 7.95. The molecule has 8 nitrogen and oxygen atoms in total. The quantitative estimate of drug-likeness (QED) is 0.620. The predicted molar refractivity (Wildman–Crippen MR) is 111 cm³/mol. The fraction of sp³-hybridized carbons (Fsp3) is 0.250. The maximum atomic E-state index is 12.4. The number of ether oxygens (including phenoxy) is 1. The Morgan fingerprint density at radius 3 is 2.45 bits per heavy atom. The number of carbonyl (C=O) groups excluding carboxylic acids is 1. The number of halogens is 1. The Balaban J connectivity index is 1.54. The van der Waals surface area contributed by atoms with E-state index in [-0.39, 0.29) is 24.8 Å². The molecule has 3 aromatic rings. The van der Waals surface area contributed by atoms with E-state index in [2.05, 4.69) is 15.7 Å². The first-order chi connectivity index (χ1) is 14.0. The van der Waals surface area contributed by atoms with Gasteiger partial charge in [0.05, 0.1) is 13.7 Å². The lowest BCUT2D eigenvalue weighted by Gasteiger charge is -2.07. The van der Waals surface area contributed by atoms with Crippen LogP contribution in [0.2, 0.25) is 5.02 Å². The van der Waals surface area contributed by atoms with E-state index in [9.17, 15) is 9.59 Å². The number of amides is 2. The molecule has 0 saturated heterocycles. The van der Waals surface area contributed by atoms with Crippen LogP contribution < -0.4 is 21.1 Å². The SMILES string of the molecule is COc1ccc(-c2nn(CCNC(=O)NCc3ccc(Cl)cc3)c(=O)n2C)cc1. The van der Waals surface area contributed by atoms with Crippen molar-refractivity contribution < 1.29 is 9.53 Å². The van der Waals surface area contributed by atoms with E-state index in [1.54, 1.807) is 26.3 Å². The van der Waals surface area contributed by atoms with Gasteiger partial charge in [-0.05, 0) is 42.0 Å². The number of hydrogen-bond acceptors (Lipinski definition) is 4. The summed E-state index contributed by atoms with van der Waals surface area (Å²) in [6.45, 7) is 0.913. The van der Waals surface area contributed by atoms with Crippen molar-refractivity contribution in [3.63, 3.8) is 0 Å². The Hall–Kier alpha value is -3.26. The molecule has 0 saturated carbocycles. The van der Waals surface area contributed by atoms with Crippen LogP contribution in [0.5, 0.6) is 5.75 Å². The van der Waals surface area contributed by atoms with Crippen LogP contribution >= 0.6 is 11.6 Å². The van der Waals surface area contributed by atoms with Gasteiger partial charge in [-0.25, -0.2) is 14.3 Å². The van der Waals surface area contributed by atoms with Crippen molar-refractivity contribution in [2.24, 2.45) is 7.05 Å². The smallest absolute Gasteiger partial charge is 0.345 e. The zero-order valence-corrected chi connectivity index (χ0v) is 16.9. The third kappa shape index (κ3) is 5.17. The molecule has 0 fully saturated rings. The highest BCUT2D eigenvalue weighted by molar-refractivity contribution is 6.30. The number of benzene rings is 2. The summed E-state index contributed by atoms with van der Waals surface area (Å²) in [4.78, 5) is 24.3. The first-order valence-electron chi connectivity index (χ1n) is 9.02. The second-order valence-electron chi connectivity index (χ2n) is 6.35. The zero-order valence-electron chi connectivity index (χ0n) is 16.2. The largest absolute Gasteiger partial charge is 0.497 e. The van der Waals surface area contributed by atoms with Gasteiger partial charge in [0.2, 0.25) is 0 Å². The van der Waals surface area contributed by atoms with Gasteiger partial charge in [0, 0.05) is 30.7 Å². The average Bonchev–Trinajstić information content (AvgIpc) is 3.02. The number of methoxy groups -OCH3 is 1. The summed E-state index contributed by atoms with van der Waals surface area (Å²) in [7, 11) is 3.26. The molecule has 2 aromatic carbocycles. The molecule has 29 heavy (non-hydrogen) atoms. The lowest BCUT2D eigenvalue weighted by atomic mass is 10.2. The fourth-order valence-electron chi connectivity index (χ4n) is 2.75. The number of aromatic nitrogens is 3. The van der Waals surface area contributed by atoms with Gasteiger partial charge < -0.3 is 15.4 Å². The van der Waals surface area contributed by atoms with E-state index < -0.39 is 0 Å². The Bertz CT molecular complexity index is 1030. The van der Waals surface area contributed by atoms with Crippen molar-refractivity contribution in [3.05, 3.63) is 69.6 Å². The minimum Gasteiger partial charge on any atom is -0.497 e. The Kier molecular flexibility index (Phi) is 6.56. The monoisotopic (exact) mass is 415 g/mol. The van der Waals surface area contributed by atoms with Crippen molar-refractivity contribution >= 4 is 17.6 Å². The Morgan fingerprint density at radius 1 is 1.10 bits per heavy atom. The normalized spacial score (nSPS) is 10.6. The molecule has 0 unspecified atom stereocenters. The minimum atomic E-state index is -0.320. The highest BCUT2D eigenvalue weighted by Gasteiger charge is 2.12. The fourth-order valence-corrected chi connectivity index (χ4v) is 2.87. The summed E-state index contributed by atoms with van der Waals surface area (Å²) in [6.07, 6.45) is 0. The number of carbonyl (C=O) groups is 1. The summed E-state index contributed by atoms with van der Waals surface area (Å²) in [6, 6.07) is 14.2. The predicted octanol–water partition coefficient (Wildman–Crippen LogP) is 2.41. The molecule has 0 aliphatic rings. The van der Waals surface area contributed by atoms with Crippen LogP contribution in [0, 0.1) is 0 Å². The highest BCUT2D eigenvalue weighted by atomic mass is 35.5. The summed E-state index contributed by atoms with van der Waals surface area (Å²) >= 11 is 5.84. The van der Waals surface area contributed by atoms with Gasteiger partial charge in [-0.2, -0.15) is 0 Å². The van der Waals surface area contributed by atoms with Gasteiger partial charge in [-0.3, -0.25) is 4.57 Å². The number of rotatable bonds is 7. The van der Waals surface area contributed by atoms with E-state index in [4.69, 9.17) is 16.3 Å². The number of nitrogens with one attached hydrogen (secondary N) is 2. The molecular formula is C20H22ClN5O3. The van der Waals surface area contributed by atoms with Crippen LogP contribution in [0.4, 0.5) is 4.79 Å². The van der Waals surface area contributed by atoms with Crippen LogP contribution in [0.15, 0.2) is 53.3 Å². The van der Waals surface area contributed by atoms with Gasteiger partial charge >= 0.3 is 11.7 Å². The topological polar surface area (TPSA) is 90.2 Å². The minimum absolute atomic E-state index is 0.251. The van der Waals surface area contributed by atoms with Crippen molar-refractivity contribution in [1.29, 1.82) is 0 Å². The number of hydrogen-bond donors (Lipinski definition) is 2. The molecule has 0 aliphatic carbocycles. The molecule has 1 aromatic heterocycles. The van der Waals surface area contributed by atoms with Gasteiger partial charge in [-0.1, -0.05) is 23.7 Å². The van der Waals surface area contributed by atoms with Gasteiger partial charge in [0.15, 0.2) is 5.82 Å². The van der Waals surface area contributed by atoms with Crippen molar-refractivity contribution in [2.45, 2.75) is 13.1 Å². The highest BCUT2D eigenvalue weighted by Crippen LogP contribution is 2.19. The lowest BCUT2D eigenvalue weighted by Crippen LogP contribution is -2.38. The zero-order chi connectivity index (χ0) is 20.8. The third-order valence-electron chi connectivity index (χ3n) is 4.36. The van der Waals surface area contributed by atoms with E-state index in [1.165, 1.54) is 9.25 Å². The first-order valence-corrected chi connectivity index (χ1v) is 9.40. The van der Waals surface area contributed by atoms with Gasteiger partial charge in [0.25, 0.3) is 0 Å². The van der Waals surface area contributed by atoms with Crippen molar-refractivity contribution in [3.8, 4) is 17.1 Å². The molecule has 0 aliphatic heterocycles. The van der Waals surface area contributed by atoms with Crippen molar-refractivity contribution in [2.75, 3.05) is 13.7 Å². The average molecular weight is 416 g/mol. The molecule has 2 N–H and O–H groups in total. The summed E-state index contributed by atoms with van der Waals surface area (Å²) in [5.74, 6) is 1.27. The Labute approximate surface area is 173 Å². The van der Waals surface area contributed by atoms with Crippen LogP contribution in [0.1, 0.15) is 5.56 Å². The van der Waals surface area contributed by atoms with E-state index in [0.29, 0.717) is 17.4 Å². The molecule has 0 atom stereocenters. The number of nitrogens with zero attached hydrogens (tertiary/aromatic N) is 3. The van der Waals surface area contributed by atoms with E-state index in [0.717, 1.165) is 16.9 Å². The van der Waals surface area contributed by atoms with Gasteiger partial charge in [-0.15, -0.1) is 5.10 Å². The molecule has 1 heterocycles. The van der Waals surface area contributed by atoms with Crippen molar-refractivity contribution in [1.82, 2.24) is 25.0 Å². The third-order valence-corrected chi connectivity index (χ3v) is 4.62. The first kappa shape index (κ1) is 20.5. The Morgan fingerprint density at radius 2 is 1.79 bits per heavy atom.